The Morgan fingerprint density at radius 3 is 2.80 bits per heavy atom. The Labute approximate surface area is 177 Å². The highest BCUT2D eigenvalue weighted by Crippen LogP contribution is 2.65. The van der Waals surface area contributed by atoms with Crippen molar-refractivity contribution in [3.05, 3.63) is 34.9 Å². The second-order valence-electron chi connectivity index (χ2n) is 10.2. The number of esters is 1. The number of carbonyl (C=O) groups is 2. The number of urea groups is 1. The molecule has 0 aromatic carbocycles. The third-order valence-corrected chi connectivity index (χ3v) is 8.87. The molecular weight excluding hydrogens is 378 g/mol. The Balaban J connectivity index is 1.36. The average Bonchev–Trinajstić information content (AvgIpc) is 3.28. The van der Waals surface area contributed by atoms with Gasteiger partial charge in [-0.25, -0.2) is 15.0 Å². The highest BCUT2D eigenvalue weighted by atomic mass is 16.5. The van der Waals surface area contributed by atoms with E-state index in [2.05, 4.69) is 36.5 Å². The zero-order chi connectivity index (χ0) is 21.1. The zero-order valence-corrected chi connectivity index (χ0v) is 17.9. The van der Waals surface area contributed by atoms with Gasteiger partial charge in [0.2, 0.25) is 0 Å². The van der Waals surface area contributed by atoms with Crippen molar-refractivity contribution in [3.8, 4) is 0 Å². The minimum Gasteiger partial charge on any atom is -0.458 e. The van der Waals surface area contributed by atoms with E-state index in [9.17, 15) is 9.59 Å². The molecule has 4 aliphatic carbocycles. The molecule has 6 nitrogen and oxygen atoms in total. The molecule has 5 atom stereocenters. The number of nitrogens with two attached hydrogens (primary N) is 1. The normalized spacial score (nSPS) is 41.1. The van der Waals surface area contributed by atoms with Crippen LogP contribution in [-0.2, 0) is 9.53 Å². The minimum absolute atomic E-state index is 0.0386. The molecule has 0 bridgehead atoms. The summed E-state index contributed by atoms with van der Waals surface area (Å²) < 4.78 is 5.20. The van der Waals surface area contributed by atoms with Gasteiger partial charge in [-0.3, -0.25) is 0 Å². The van der Waals surface area contributed by atoms with Gasteiger partial charge in [0, 0.05) is 22.8 Å². The van der Waals surface area contributed by atoms with E-state index in [1.807, 2.05) is 0 Å². The second kappa shape index (κ2) is 6.82. The van der Waals surface area contributed by atoms with Crippen LogP contribution in [0.15, 0.2) is 40.0 Å². The first-order valence-corrected chi connectivity index (χ1v) is 11.2. The quantitative estimate of drug-likeness (QED) is 0.533. The predicted molar refractivity (Wildman–Crippen MR) is 114 cm³/mol. The maximum Gasteiger partial charge on any atom is 0.332 e. The van der Waals surface area contributed by atoms with Crippen LogP contribution < -0.4 is 11.2 Å². The molecule has 0 aromatic heterocycles. The Morgan fingerprint density at radius 1 is 1.23 bits per heavy atom. The summed E-state index contributed by atoms with van der Waals surface area (Å²) in [6.45, 7) is 5.27. The molecule has 6 heteroatoms. The SMILES string of the molecule is C[C@]12CC[C@H]3[C@@H](CC[C@@H]4CC(=NNC(N)=O)CC[C@@]43C)C1=CC=C2C1=CC(=O)OC1. The van der Waals surface area contributed by atoms with Crippen molar-refractivity contribution >= 4 is 17.7 Å². The van der Waals surface area contributed by atoms with Crippen LogP contribution in [0.2, 0.25) is 0 Å². The van der Waals surface area contributed by atoms with Crippen LogP contribution in [0.3, 0.4) is 0 Å². The summed E-state index contributed by atoms with van der Waals surface area (Å²) in [7, 11) is 0. The van der Waals surface area contributed by atoms with Gasteiger partial charge in [0.25, 0.3) is 0 Å². The summed E-state index contributed by atoms with van der Waals surface area (Å²) in [6, 6.07) is -0.591. The Bertz CT molecular complexity index is 930. The first-order valence-electron chi connectivity index (χ1n) is 11.2. The monoisotopic (exact) mass is 409 g/mol. The minimum atomic E-state index is -0.591. The van der Waals surface area contributed by atoms with E-state index in [0.29, 0.717) is 29.8 Å². The van der Waals surface area contributed by atoms with Crippen molar-refractivity contribution < 1.29 is 14.3 Å². The molecule has 3 N–H and O–H groups in total. The lowest BCUT2D eigenvalue weighted by Crippen LogP contribution is -2.51. The van der Waals surface area contributed by atoms with Crippen LogP contribution in [0.5, 0.6) is 0 Å². The number of nitrogens with one attached hydrogen (secondary N) is 1. The van der Waals surface area contributed by atoms with Crippen molar-refractivity contribution in [1.29, 1.82) is 0 Å². The van der Waals surface area contributed by atoms with Crippen LogP contribution in [0.1, 0.15) is 58.8 Å². The lowest BCUT2D eigenvalue weighted by molar-refractivity contribution is -0.134. The fourth-order valence-corrected chi connectivity index (χ4v) is 7.28. The molecule has 0 saturated heterocycles. The molecule has 0 radical (unpaired) electrons. The largest absolute Gasteiger partial charge is 0.458 e. The maximum atomic E-state index is 11.6. The Morgan fingerprint density at radius 2 is 2.07 bits per heavy atom. The molecule has 3 fully saturated rings. The number of hydrazone groups is 1. The van der Waals surface area contributed by atoms with Crippen molar-refractivity contribution in [2.75, 3.05) is 6.61 Å². The van der Waals surface area contributed by atoms with E-state index in [4.69, 9.17) is 10.5 Å². The number of fused-ring (bicyclic) bond motifs is 5. The molecular formula is C24H31N3O3. The molecule has 1 heterocycles. The van der Waals surface area contributed by atoms with Crippen molar-refractivity contribution in [1.82, 2.24) is 5.43 Å². The molecule has 2 amide bonds. The van der Waals surface area contributed by atoms with Crippen LogP contribution in [-0.4, -0.2) is 24.3 Å². The number of cyclic esters (lactones) is 1. The van der Waals surface area contributed by atoms with E-state index in [1.54, 1.807) is 11.6 Å². The molecule has 1 aliphatic heterocycles. The van der Waals surface area contributed by atoms with Gasteiger partial charge in [0.15, 0.2) is 0 Å². The number of allylic oxidation sites excluding steroid dienone is 3. The summed E-state index contributed by atoms with van der Waals surface area (Å²) in [6.07, 6.45) is 14.1. The number of hydrogen-bond acceptors (Lipinski definition) is 4. The van der Waals surface area contributed by atoms with Gasteiger partial charge in [-0.05, 0) is 73.7 Å². The lowest BCUT2D eigenvalue weighted by Gasteiger charge is -2.58. The van der Waals surface area contributed by atoms with Gasteiger partial charge in [-0.1, -0.05) is 31.6 Å². The van der Waals surface area contributed by atoms with E-state index in [0.717, 1.165) is 37.0 Å². The molecule has 30 heavy (non-hydrogen) atoms. The van der Waals surface area contributed by atoms with Gasteiger partial charge in [-0.2, -0.15) is 5.10 Å². The smallest absolute Gasteiger partial charge is 0.332 e. The van der Waals surface area contributed by atoms with Crippen LogP contribution >= 0.6 is 0 Å². The summed E-state index contributed by atoms with van der Waals surface area (Å²) in [5.74, 6) is 1.70. The highest BCUT2D eigenvalue weighted by Gasteiger charge is 2.56. The third-order valence-electron chi connectivity index (χ3n) is 8.87. The van der Waals surface area contributed by atoms with E-state index in [1.165, 1.54) is 24.8 Å². The van der Waals surface area contributed by atoms with E-state index < -0.39 is 6.03 Å². The Kier molecular flexibility index (Phi) is 4.46. The molecule has 0 unspecified atom stereocenters. The summed E-state index contributed by atoms with van der Waals surface area (Å²) in [5, 5.41) is 4.26. The second-order valence-corrected chi connectivity index (χ2v) is 10.2. The molecule has 0 spiro atoms. The number of carbonyl (C=O) groups excluding carboxylic acids is 2. The van der Waals surface area contributed by atoms with Gasteiger partial charge < -0.3 is 10.5 Å². The zero-order valence-electron chi connectivity index (χ0n) is 17.9. The first kappa shape index (κ1) is 19.6. The van der Waals surface area contributed by atoms with Crippen molar-refractivity contribution in [3.63, 3.8) is 0 Å². The molecule has 3 saturated carbocycles. The molecule has 5 rings (SSSR count). The number of nitrogens with zero attached hydrogens (tertiary/aromatic N) is 1. The molecule has 0 aromatic rings. The molecule has 5 aliphatic rings. The van der Waals surface area contributed by atoms with E-state index >= 15 is 0 Å². The third kappa shape index (κ3) is 2.87. The van der Waals surface area contributed by atoms with Crippen LogP contribution in [0.25, 0.3) is 0 Å². The van der Waals surface area contributed by atoms with Crippen LogP contribution in [0.4, 0.5) is 4.79 Å². The van der Waals surface area contributed by atoms with Crippen molar-refractivity contribution in [2.24, 2.45) is 39.4 Å². The van der Waals surface area contributed by atoms with Crippen LogP contribution in [0, 0.1) is 28.6 Å². The topological polar surface area (TPSA) is 93.8 Å². The van der Waals surface area contributed by atoms with Gasteiger partial charge in [0.05, 0.1) is 0 Å². The number of primary amides is 1. The highest BCUT2D eigenvalue weighted by molar-refractivity contribution is 5.87. The first-order chi connectivity index (χ1) is 14.3. The molecule has 160 valence electrons. The predicted octanol–water partition coefficient (Wildman–Crippen LogP) is 3.99. The standard InChI is InChI=1S/C24H31N3O3/c1-23-9-7-16(26-27-22(25)29)12-15(23)3-4-17-19-6-5-18(14-11-21(28)30-13-14)24(19,2)10-8-20(17)23/h5-6,11,15,17,20H,3-4,7-10,12-13H2,1-2H3,(H3,25,27,29)/t15-,17+,20+,23+,24-/m1/s1. The lowest BCUT2D eigenvalue weighted by atomic mass is 9.46. The van der Waals surface area contributed by atoms with Gasteiger partial charge >= 0.3 is 12.0 Å². The maximum absolute atomic E-state index is 11.6. The summed E-state index contributed by atoms with van der Waals surface area (Å²) in [4.78, 5) is 22.6. The summed E-state index contributed by atoms with van der Waals surface area (Å²) >= 11 is 0. The average molecular weight is 410 g/mol. The number of hydrogen-bond donors (Lipinski definition) is 2. The van der Waals surface area contributed by atoms with Crippen molar-refractivity contribution in [2.45, 2.75) is 58.8 Å². The van der Waals surface area contributed by atoms with E-state index in [-0.39, 0.29) is 11.4 Å². The Hall–Kier alpha value is -2.37. The fourth-order valence-electron chi connectivity index (χ4n) is 7.28. The van der Waals surface area contributed by atoms with Gasteiger partial charge in [0.1, 0.15) is 6.61 Å². The number of amides is 2. The number of rotatable bonds is 2. The summed E-state index contributed by atoms with van der Waals surface area (Å²) in [5.41, 5.74) is 13.0. The fraction of sp³-hybridized carbons (Fsp3) is 0.625. The number of ether oxygens (including phenoxy) is 1. The van der Waals surface area contributed by atoms with Gasteiger partial charge in [-0.15, -0.1) is 0 Å².